The molecule has 0 aliphatic carbocycles. The average molecular weight is 202 g/mol. The first-order valence-corrected chi connectivity index (χ1v) is 7.19. The Hall–Kier alpha value is 0.0569. The summed E-state index contributed by atoms with van der Waals surface area (Å²) in [6, 6.07) is 0. The van der Waals surface area contributed by atoms with Crippen LogP contribution in [0.25, 0.3) is 0 Å². The molecule has 0 aromatic rings. The highest BCUT2D eigenvalue weighted by Crippen LogP contribution is 2.16. The molecule has 0 atom stereocenters. The van der Waals surface area contributed by atoms with Crippen molar-refractivity contribution in [2.24, 2.45) is 0 Å². The third-order valence-corrected chi connectivity index (χ3v) is 6.09. The van der Waals surface area contributed by atoms with E-state index < -0.39 is 8.72 Å². The highest BCUT2D eigenvalue weighted by atomic mass is 28.4. The van der Waals surface area contributed by atoms with E-state index in [2.05, 4.69) is 23.1 Å². The van der Waals surface area contributed by atoms with Crippen molar-refractivity contribution in [2.75, 3.05) is 46.4 Å². The molecular weight excluding hydrogens is 184 g/mol. The van der Waals surface area contributed by atoms with Crippen molar-refractivity contribution in [3.8, 4) is 0 Å². The first-order valence-electron chi connectivity index (χ1n) is 4.92. The zero-order valence-corrected chi connectivity index (χ0v) is 9.45. The van der Waals surface area contributed by atoms with Crippen molar-refractivity contribution in [1.29, 1.82) is 0 Å². The van der Waals surface area contributed by atoms with Crippen molar-refractivity contribution in [3.05, 3.63) is 0 Å². The van der Waals surface area contributed by atoms with E-state index in [1.165, 1.54) is 0 Å². The van der Waals surface area contributed by atoms with Gasteiger partial charge in [-0.1, -0.05) is 0 Å². The van der Waals surface area contributed by atoms with Crippen molar-refractivity contribution in [3.63, 3.8) is 0 Å². The Labute approximate surface area is 80.7 Å². The molecule has 5 heteroatoms. The first-order chi connectivity index (χ1) is 6.21. The fourth-order valence-electron chi connectivity index (χ4n) is 1.82. The summed E-state index contributed by atoms with van der Waals surface area (Å²) in [5, 5.41) is 0. The summed E-state index contributed by atoms with van der Waals surface area (Å²) >= 11 is 0. The third kappa shape index (κ3) is 1.94. The lowest BCUT2D eigenvalue weighted by Crippen LogP contribution is -2.61. The van der Waals surface area contributed by atoms with Crippen LogP contribution in [0.4, 0.5) is 0 Å². The number of likely N-dealkylation sites (N-methyl/N-ethyl adjacent to an activating group) is 1. The zero-order chi connectivity index (χ0) is 9.31. The van der Waals surface area contributed by atoms with Gasteiger partial charge in [0.05, 0.1) is 13.2 Å². The molecule has 3 aliphatic heterocycles. The SMILES string of the molecule is CN1CCN2CCO[Si]1(C)OCC2. The minimum atomic E-state index is -1.98. The molecule has 0 radical (unpaired) electrons. The molecule has 0 aromatic heterocycles. The molecular formula is C8H18N2O2Si. The lowest BCUT2D eigenvalue weighted by Gasteiger charge is -2.42. The van der Waals surface area contributed by atoms with E-state index in [0.717, 1.165) is 39.4 Å². The molecule has 0 unspecified atom stereocenters. The molecule has 2 bridgehead atoms. The Kier molecular flexibility index (Phi) is 2.71. The van der Waals surface area contributed by atoms with Gasteiger partial charge >= 0.3 is 8.72 Å². The monoisotopic (exact) mass is 202 g/mol. The predicted octanol–water partition coefficient (Wildman–Crippen LogP) is -0.151. The maximum absolute atomic E-state index is 5.85. The van der Waals surface area contributed by atoms with E-state index >= 15 is 0 Å². The van der Waals surface area contributed by atoms with Crippen molar-refractivity contribution in [2.45, 2.75) is 6.55 Å². The van der Waals surface area contributed by atoms with E-state index in [4.69, 9.17) is 8.85 Å². The summed E-state index contributed by atoms with van der Waals surface area (Å²) in [6.45, 7) is 8.17. The van der Waals surface area contributed by atoms with Crippen LogP contribution in [0.2, 0.25) is 6.55 Å². The molecule has 13 heavy (non-hydrogen) atoms. The van der Waals surface area contributed by atoms with Gasteiger partial charge in [-0.15, -0.1) is 0 Å². The molecule has 4 nitrogen and oxygen atoms in total. The molecule has 0 N–H and O–H groups in total. The number of rotatable bonds is 0. The summed E-state index contributed by atoms with van der Waals surface area (Å²) in [5.41, 5.74) is 0. The van der Waals surface area contributed by atoms with Crippen LogP contribution in [0, 0.1) is 0 Å². The minimum Gasteiger partial charge on any atom is -0.381 e. The molecule has 3 heterocycles. The van der Waals surface area contributed by atoms with E-state index in [1.54, 1.807) is 0 Å². The fourth-order valence-corrected chi connectivity index (χ4v) is 3.79. The maximum Gasteiger partial charge on any atom is 0.424 e. The number of nitrogens with zero attached hydrogens (tertiary/aromatic N) is 2. The highest BCUT2D eigenvalue weighted by molar-refractivity contribution is 6.63. The molecule has 0 saturated carbocycles. The molecule has 3 fully saturated rings. The second-order valence-electron chi connectivity index (χ2n) is 3.86. The Morgan fingerprint density at radius 2 is 1.62 bits per heavy atom. The van der Waals surface area contributed by atoms with E-state index in [1.807, 2.05) is 0 Å². The van der Waals surface area contributed by atoms with Crippen molar-refractivity contribution in [1.82, 2.24) is 9.47 Å². The number of hydrogen-bond acceptors (Lipinski definition) is 4. The van der Waals surface area contributed by atoms with Gasteiger partial charge in [-0.2, -0.15) is 0 Å². The Balaban J connectivity index is 2.13. The van der Waals surface area contributed by atoms with Gasteiger partial charge in [0.1, 0.15) is 0 Å². The van der Waals surface area contributed by atoms with Crippen LogP contribution in [0.1, 0.15) is 0 Å². The van der Waals surface area contributed by atoms with Crippen LogP contribution in [-0.4, -0.2) is 64.6 Å². The van der Waals surface area contributed by atoms with Gasteiger partial charge < -0.3 is 8.85 Å². The summed E-state index contributed by atoms with van der Waals surface area (Å²) in [6.07, 6.45) is 0. The van der Waals surface area contributed by atoms with Crippen LogP contribution in [0.15, 0.2) is 0 Å². The normalized spacial score (nSPS) is 42.5. The van der Waals surface area contributed by atoms with Crippen LogP contribution in [0.5, 0.6) is 0 Å². The smallest absolute Gasteiger partial charge is 0.381 e. The lowest BCUT2D eigenvalue weighted by molar-refractivity contribution is 0.0433. The largest absolute Gasteiger partial charge is 0.424 e. The lowest BCUT2D eigenvalue weighted by atomic mass is 10.4. The standard InChI is InChI=1S/C8H18N2O2Si/c1-9-3-4-10-5-7-11-13(9,2)12-8-6-10/h3-8H2,1-2H3. The molecule has 3 aliphatic rings. The maximum atomic E-state index is 5.85. The zero-order valence-electron chi connectivity index (χ0n) is 8.45. The predicted molar refractivity (Wildman–Crippen MR) is 52.6 cm³/mol. The van der Waals surface area contributed by atoms with Crippen LogP contribution in [-0.2, 0) is 8.85 Å². The second-order valence-corrected chi connectivity index (χ2v) is 6.99. The molecule has 3 rings (SSSR count). The van der Waals surface area contributed by atoms with Crippen molar-refractivity contribution < 1.29 is 8.85 Å². The molecule has 76 valence electrons. The van der Waals surface area contributed by atoms with Gasteiger partial charge in [0.25, 0.3) is 0 Å². The summed E-state index contributed by atoms with van der Waals surface area (Å²) in [5.74, 6) is 0. The topological polar surface area (TPSA) is 24.9 Å². The number of fused-ring (bicyclic) bond motifs is 6. The summed E-state index contributed by atoms with van der Waals surface area (Å²) in [4.78, 5) is 2.41. The molecule has 0 amide bonds. The van der Waals surface area contributed by atoms with Gasteiger partial charge in [-0.25, -0.2) is 0 Å². The number of hydrogen-bond donors (Lipinski definition) is 0. The molecule has 0 spiro atoms. The third-order valence-electron chi connectivity index (χ3n) is 3.00. The van der Waals surface area contributed by atoms with Gasteiger partial charge in [0.2, 0.25) is 0 Å². The quantitative estimate of drug-likeness (QED) is 0.510. The van der Waals surface area contributed by atoms with E-state index in [9.17, 15) is 0 Å². The minimum absolute atomic E-state index is 0.826. The van der Waals surface area contributed by atoms with Crippen LogP contribution >= 0.6 is 0 Å². The summed E-state index contributed by atoms with van der Waals surface area (Å²) in [7, 11) is 0.134. The van der Waals surface area contributed by atoms with Gasteiger partial charge in [0, 0.05) is 26.2 Å². The fraction of sp³-hybridized carbons (Fsp3) is 1.00. The molecule has 3 saturated heterocycles. The van der Waals surface area contributed by atoms with Gasteiger partial charge in [0.15, 0.2) is 0 Å². The van der Waals surface area contributed by atoms with Gasteiger partial charge in [-0.3, -0.25) is 9.47 Å². The Morgan fingerprint density at radius 3 is 2.23 bits per heavy atom. The average Bonchev–Trinajstić information content (AvgIpc) is 2.06. The Morgan fingerprint density at radius 1 is 1.00 bits per heavy atom. The summed E-state index contributed by atoms with van der Waals surface area (Å²) < 4.78 is 14.0. The highest BCUT2D eigenvalue weighted by Gasteiger charge is 2.40. The van der Waals surface area contributed by atoms with Gasteiger partial charge in [-0.05, 0) is 13.6 Å². The molecule has 0 aromatic carbocycles. The second kappa shape index (κ2) is 3.66. The van der Waals surface area contributed by atoms with Crippen molar-refractivity contribution >= 4 is 8.72 Å². The van der Waals surface area contributed by atoms with E-state index in [0.29, 0.717) is 0 Å². The van der Waals surface area contributed by atoms with Crippen LogP contribution in [0.3, 0.4) is 0 Å². The van der Waals surface area contributed by atoms with E-state index in [-0.39, 0.29) is 0 Å². The van der Waals surface area contributed by atoms with Crippen LogP contribution < -0.4 is 0 Å². The first kappa shape index (κ1) is 9.61. The Bertz CT molecular complexity index is 181.